The number of benzene rings is 2. The van der Waals surface area contributed by atoms with Crippen molar-refractivity contribution < 1.29 is 9.13 Å². The highest BCUT2D eigenvalue weighted by molar-refractivity contribution is 5.30. The van der Waals surface area contributed by atoms with Crippen molar-refractivity contribution in [3.05, 3.63) is 65.0 Å². The molecule has 3 heteroatoms. The van der Waals surface area contributed by atoms with Crippen LogP contribution in [0, 0.1) is 12.7 Å². The van der Waals surface area contributed by atoms with E-state index in [1.54, 1.807) is 19.2 Å². The summed E-state index contributed by atoms with van der Waals surface area (Å²) in [4.78, 5) is 0. The first-order valence-electron chi connectivity index (χ1n) is 6.72. The molecule has 0 bridgehead atoms. The summed E-state index contributed by atoms with van der Waals surface area (Å²) in [5.41, 5.74) is 9.39. The third kappa shape index (κ3) is 3.81. The van der Waals surface area contributed by atoms with Crippen molar-refractivity contribution in [3.63, 3.8) is 0 Å². The summed E-state index contributed by atoms with van der Waals surface area (Å²) in [6.45, 7) is 1.98. The van der Waals surface area contributed by atoms with Gasteiger partial charge in [0.2, 0.25) is 0 Å². The Morgan fingerprint density at radius 3 is 2.45 bits per heavy atom. The summed E-state index contributed by atoms with van der Waals surface area (Å²) in [5.74, 6) is 0.630. The van der Waals surface area contributed by atoms with Gasteiger partial charge in [-0.25, -0.2) is 4.39 Å². The first kappa shape index (κ1) is 14.5. The van der Waals surface area contributed by atoms with Crippen LogP contribution in [-0.2, 0) is 12.8 Å². The van der Waals surface area contributed by atoms with Gasteiger partial charge in [0.25, 0.3) is 0 Å². The molecule has 2 nitrogen and oxygen atoms in total. The van der Waals surface area contributed by atoms with Crippen LogP contribution in [0.2, 0.25) is 0 Å². The molecule has 1 atom stereocenters. The number of hydrogen-bond acceptors (Lipinski definition) is 2. The molecule has 2 rings (SSSR count). The average molecular weight is 273 g/mol. The fraction of sp³-hybridized carbons (Fsp3) is 0.294. The van der Waals surface area contributed by atoms with E-state index in [9.17, 15) is 4.39 Å². The highest BCUT2D eigenvalue weighted by atomic mass is 19.1. The van der Waals surface area contributed by atoms with Crippen LogP contribution in [0.3, 0.4) is 0 Å². The molecule has 0 heterocycles. The molecule has 0 aliphatic heterocycles. The lowest BCUT2D eigenvalue weighted by atomic mass is 9.97. The van der Waals surface area contributed by atoms with Crippen molar-refractivity contribution in [1.29, 1.82) is 0 Å². The Kier molecular flexibility index (Phi) is 4.74. The van der Waals surface area contributed by atoms with E-state index in [0.29, 0.717) is 6.42 Å². The smallest absolute Gasteiger partial charge is 0.123 e. The molecule has 0 radical (unpaired) electrons. The van der Waals surface area contributed by atoms with Gasteiger partial charge in [0.15, 0.2) is 0 Å². The van der Waals surface area contributed by atoms with Crippen LogP contribution in [0.15, 0.2) is 42.5 Å². The van der Waals surface area contributed by atoms with Gasteiger partial charge in [0, 0.05) is 6.04 Å². The van der Waals surface area contributed by atoms with Gasteiger partial charge in [0.1, 0.15) is 11.6 Å². The summed E-state index contributed by atoms with van der Waals surface area (Å²) in [5, 5.41) is 0. The molecule has 0 aromatic heterocycles. The fourth-order valence-electron chi connectivity index (χ4n) is 2.28. The molecule has 2 N–H and O–H groups in total. The molecular weight excluding hydrogens is 253 g/mol. The van der Waals surface area contributed by atoms with E-state index in [2.05, 4.69) is 0 Å². The minimum absolute atomic E-state index is 0.0242. The van der Waals surface area contributed by atoms with E-state index in [-0.39, 0.29) is 11.9 Å². The Morgan fingerprint density at radius 2 is 1.80 bits per heavy atom. The molecule has 0 aliphatic rings. The Morgan fingerprint density at radius 1 is 1.10 bits per heavy atom. The molecular formula is C17H20FNO. The molecule has 2 aromatic carbocycles. The maximum atomic E-state index is 13.3. The number of hydrogen-bond donors (Lipinski definition) is 1. The van der Waals surface area contributed by atoms with Crippen LogP contribution >= 0.6 is 0 Å². The van der Waals surface area contributed by atoms with Crippen molar-refractivity contribution in [1.82, 2.24) is 0 Å². The third-order valence-electron chi connectivity index (χ3n) is 3.45. The fourth-order valence-corrected chi connectivity index (χ4v) is 2.28. The molecule has 0 saturated carbocycles. The van der Waals surface area contributed by atoms with Gasteiger partial charge in [-0.2, -0.15) is 0 Å². The zero-order chi connectivity index (χ0) is 14.5. The minimum atomic E-state index is -0.206. The minimum Gasteiger partial charge on any atom is -0.497 e. The van der Waals surface area contributed by atoms with Crippen molar-refractivity contribution >= 4 is 0 Å². The Hall–Kier alpha value is -1.87. The molecule has 1 unspecified atom stereocenters. The number of aryl methyl sites for hydroxylation is 1. The van der Waals surface area contributed by atoms with Crippen molar-refractivity contribution in [2.75, 3.05) is 7.11 Å². The Balaban J connectivity index is 2.00. The van der Waals surface area contributed by atoms with Crippen LogP contribution in [0.4, 0.5) is 4.39 Å². The highest BCUT2D eigenvalue weighted by Gasteiger charge is 2.08. The quantitative estimate of drug-likeness (QED) is 0.907. The van der Waals surface area contributed by atoms with Crippen LogP contribution in [0.5, 0.6) is 5.75 Å². The molecule has 0 fully saturated rings. The molecule has 0 saturated heterocycles. The molecule has 20 heavy (non-hydrogen) atoms. The molecule has 106 valence electrons. The second kappa shape index (κ2) is 6.53. The number of rotatable bonds is 5. The van der Waals surface area contributed by atoms with Crippen molar-refractivity contribution in [2.24, 2.45) is 5.73 Å². The van der Waals surface area contributed by atoms with E-state index in [4.69, 9.17) is 10.5 Å². The predicted molar refractivity (Wildman–Crippen MR) is 79.5 cm³/mol. The highest BCUT2D eigenvalue weighted by Crippen LogP contribution is 2.16. The number of ether oxygens (including phenoxy) is 1. The Labute approximate surface area is 119 Å². The first-order valence-corrected chi connectivity index (χ1v) is 6.72. The molecule has 0 spiro atoms. The second-order valence-electron chi connectivity index (χ2n) is 5.09. The van der Waals surface area contributed by atoms with Crippen LogP contribution in [0.1, 0.15) is 16.7 Å². The van der Waals surface area contributed by atoms with Gasteiger partial charge in [0.05, 0.1) is 7.11 Å². The topological polar surface area (TPSA) is 35.2 Å². The largest absolute Gasteiger partial charge is 0.497 e. The predicted octanol–water partition coefficient (Wildman–Crippen LogP) is 3.26. The van der Waals surface area contributed by atoms with Gasteiger partial charge in [-0.3, -0.25) is 0 Å². The summed E-state index contributed by atoms with van der Waals surface area (Å²) < 4.78 is 18.4. The standard InChI is InChI=1S/C17H20FNO/c1-12-3-6-15(18)10-14(12)11-16(19)9-13-4-7-17(20-2)8-5-13/h3-8,10,16H,9,11,19H2,1-2H3. The molecule has 2 aromatic rings. The van der Waals surface area contributed by atoms with Crippen LogP contribution < -0.4 is 10.5 Å². The summed E-state index contributed by atoms with van der Waals surface area (Å²) in [6, 6.07) is 12.7. The van der Waals surface area contributed by atoms with E-state index in [1.807, 2.05) is 31.2 Å². The van der Waals surface area contributed by atoms with E-state index < -0.39 is 0 Å². The van der Waals surface area contributed by atoms with Gasteiger partial charge < -0.3 is 10.5 Å². The average Bonchev–Trinajstić information content (AvgIpc) is 2.43. The van der Waals surface area contributed by atoms with Crippen LogP contribution in [-0.4, -0.2) is 13.2 Å². The van der Waals surface area contributed by atoms with Crippen molar-refractivity contribution in [3.8, 4) is 5.75 Å². The number of methoxy groups -OCH3 is 1. The summed E-state index contributed by atoms with van der Waals surface area (Å²) >= 11 is 0. The van der Waals surface area contributed by atoms with Crippen LogP contribution in [0.25, 0.3) is 0 Å². The maximum Gasteiger partial charge on any atom is 0.123 e. The maximum absolute atomic E-state index is 13.3. The van der Waals surface area contributed by atoms with Gasteiger partial charge in [-0.05, 0) is 60.7 Å². The van der Waals surface area contributed by atoms with Gasteiger partial charge in [-0.15, -0.1) is 0 Å². The van der Waals surface area contributed by atoms with E-state index in [1.165, 1.54) is 6.07 Å². The third-order valence-corrected chi connectivity index (χ3v) is 3.45. The molecule has 0 amide bonds. The second-order valence-corrected chi connectivity index (χ2v) is 5.09. The SMILES string of the molecule is COc1ccc(CC(N)Cc2cc(F)ccc2C)cc1. The van der Waals surface area contributed by atoms with Gasteiger partial charge in [-0.1, -0.05) is 18.2 Å². The normalized spacial score (nSPS) is 12.2. The van der Waals surface area contributed by atoms with E-state index in [0.717, 1.165) is 28.9 Å². The van der Waals surface area contributed by atoms with Crippen molar-refractivity contribution in [2.45, 2.75) is 25.8 Å². The summed E-state index contributed by atoms with van der Waals surface area (Å²) in [7, 11) is 1.65. The van der Waals surface area contributed by atoms with E-state index >= 15 is 0 Å². The van der Waals surface area contributed by atoms with Gasteiger partial charge >= 0.3 is 0 Å². The number of nitrogens with two attached hydrogens (primary N) is 1. The lowest BCUT2D eigenvalue weighted by Gasteiger charge is -2.14. The molecule has 0 aliphatic carbocycles. The number of halogens is 1. The monoisotopic (exact) mass is 273 g/mol. The summed E-state index contributed by atoms with van der Waals surface area (Å²) in [6.07, 6.45) is 1.44. The zero-order valence-corrected chi connectivity index (χ0v) is 11.9. The first-order chi connectivity index (χ1) is 9.58. The Bertz CT molecular complexity index is 566. The lowest BCUT2D eigenvalue weighted by molar-refractivity contribution is 0.414. The lowest BCUT2D eigenvalue weighted by Crippen LogP contribution is -2.25. The zero-order valence-electron chi connectivity index (χ0n) is 11.9.